The molecule has 0 bridgehead atoms. The monoisotopic (exact) mass is 212 g/mol. The first-order valence-corrected chi connectivity index (χ1v) is 5.18. The maximum Gasteiger partial charge on any atom is 0.130 e. The van der Waals surface area contributed by atoms with Gasteiger partial charge in [-0.15, -0.1) is 11.6 Å². The Balaban J connectivity index is 2.96. The molecular weight excluding hydrogens is 199 g/mol. The molecule has 2 heteroatoms. The van der Waals surface area contributed by atoms with E-state index >= 15 is 0 Å². The molecule has 1 rings (SSSR count). The molecular formula is C12H14ClF. The molecule has 0 saturated heterocycles. The number of alkyl halides is 1. The van der Waals surface area contributed by atoms with Crippen molar-refractivity contribution in [3.8, 4) is 0 Å². The van der Waals surface area contributed by atoms with E-state index in [0.717, 1.165) is 17.5 Å². The lowest BCUT2D eigenvalue weighted by molar-refractivity contribution is 0.622. The Hall–Kier alpha value is -0.820. The zero-order valence-electron chi connectivity index (χ0n) is 8.48. The van der Waals surface area contributed by atoms with Crippen molar-refractivity contribution >= 4 is 17.7 Å². The first kappa shape index (κ1) is 11.3. The summed E-state index contributed by atoms with van der Waals surface area (Å²) in [7, 11) is 0. The predicted molar refractivity (Wildman–Crippen MR) is 60.2 cm³/mol. The molecule has 0 amide bonds. The first-order chi connectivity index (χ1) is 6.65. The smallest absolute Gasteiger partial charge is 0.130 e. The van der Waals surface area contributed by atoms with E-state index < -0.39 is 0 Å². The Labute approximate surface area is 89.4 Å². The molecule has 1 aromatic rings. The van der Waals surface area contributed by atoms with Crippen LogP contribution in [0.5, 0.6) is 0 Å². The van der Waals surface area contributed by atoms with Gasteiger partial charge in [0.2, 0.25) is 0 Å². The maximum absolute atomic E-state index is 13.5. The largest absolute Gasteiger partial charge is 0.206 e. The molecule has 0 radical (unpaired) electrons. The zero-order chi connectivity index (χ0) is 10.6. The SMILES string of the molecule is Cc1cc(C)c(/C=C/CCCl)c(F)c1. The van der Waals surface area contributed by atoms with Crippen LogP contribution < -0.4 is 0 Å². The van der Waals surface area contributed by atoms with E-state index in [2.05, 4.69) is 0 Å². The van der Waals surface area contributed by atoms with Crippen molar-refractivity contribution in [3.63, 3.8) is 0 Å². The van der Waals surface area contributed by atoms with Gasteiger partial charge in [-0.1, -0.05) is 18.2 Å². The van der Waals surface area contributed by atoms with E-state index in [4.69, 9.17) is 11.6 Å². The molecule has 0 aliphatic carbocycles. The van der Waals surface area contributed by atoms with Crippen LogP contribution in [-0.4, -0.2) is 5.88 Å². The molecule has 0 spiro atoms. The van der Waals surface area contributed by atoms with Crippen LogP contribution in [0.15, 0.2) is 18.2 Å². The second-order valence-electron chi connectivity index (χ2n) is 3.36. The van der Waals surface area contributed by atoms with Crippen molar-refractivity contribution in [3.05, 3.63) is 40.7 Å². The van der Waals surface area contributed by atoms with E-state index in [1.807, 2.05) is 26.0 Å². The molecule has 1 aromatic carbocycles. The van der Waals surface area contributed by atoms with Gasteiger partial charge >= 0.3 is 0 Å². The minimum atomic E-state index is -0.159. The van der Waals surface area contributed by atoms with Crippen LogP contribution in [0.4, 0.5) is 4.39 Å². The fraction of sp³-hybridized carbons (Fsp3) is 0.333. The van der Waals surface area contributed by atoms with Crippen LogP contribution in [0.25, 0.3) is 6.08 Å². The van der Waals surface area contributed by atoms with E-state index in [1.165, 1.54) is 0 Å². The molecule has 0 unspecified atom stereocenters. The van der Waals surface area contributed by atoms with Gasteiger partial charge in [0.25, 0.3) is 0 Å². The van der Waals surface area contributed by atoms with Gasteiger partial charge in [0.05, 0.1) is 0 Å². The number of hydrogen-bond acceptors (Lipinski definition) is 0. The summed E-state index contributed by atoms with van der Waals surface area (Å²) in [6.07, 6.45) is 4.47. The average Bonchev–Trinajstić information content (AvgIpc) is 2.09. The Morgan fingerprint density at radius 3 is 2.64 bits per heavy atom. The topological polar surface area (TPSA) is 0 Å². The second kappa shape index (κ2) is 5.16. The number of aryl methyl sites for hydroxylation is 2. The lowest BCUT2D eigenvalue weighted by Crippen LogP contribution is -1.89. The molecule has 0 aromatic heterocycles. The molecule has 0 aliphatic rings. The molecule has 0 atom stereocenters. The number of allylic oxidation sites excluding steroid dienone is 1. The van der Waals surface area contributed by atoms with Crippen LogP contribution in [0.1, 0.15) is 23.1 Å². The minimum absolute atomic E-state index is 0.159. The summed E-state index contributed by atoms with van der Waals surface area (Å²) < 4.78 is 13.5. The summed E-state index contributed by atoms with van der Waals surface area (Å²) in [5.74, 6) is 0.413. The van der Waals surface area contributed by atoms with Crippen LogP contribution in [0, 0.1) is 19.7 Å². The number of rotatable bonds is 3. The third kappa shape index (κ3) is 2.85. The quantitative estimate of drug-likeness (QED) is 0.663. The fourth-order valence-electron chi connectivity index (χ4n) is 1.40. The number of benzene rings is 1. The zero-order valence-corrected chi connectivity index (χ0v) is 9.24. The highest BCUT2D eigenvalue weighted by Gasteiger charge is 2.02. The van der Waals surface area contributed by atoms with Gasteiger partial charge in [-0.2, -0.15) is 0 Å². The normalized spacial score (nSPS) is 11.1. The van der Waals surface area contributed by atoms with Crippen molar-refractivity contribution < 1.29 is 4.39 Å². The van der Waals surface area contributed by atoms with Gasteiger partial charge in [0.1, 0.15) is 5.82 Å². The third-order valence-electron chi connectivity index (χ3n) is 2.04. The van der Waals surface area contributed by atoms with Gasteiger partial charge < -0.3 is 0 Å². The van der Waals surface area contributed by atoms with Crippen molar-refractivity contribution in [1.82, 2.24) is 0 Å². The number of halogens is 2. The fourth-order valence-corrected chi connectivity index (χ4v) is 1.53. The van der Waals surface area contributed by atoms with Crippen LogP contribution in [0.3, 0.4) is 0 Å². The summed E-state index contributed by atoms with van der Waals surface area (Å²) in [4.78, 5) is 0. The van der Waals surface area contributed by atoms with Gasteiger partial charge in [-0.25, -0.2) is 4.39 Å². The summed E-state index contributed by atoms with van der Waals surface area (Å²) in [6, 6.07) is 3.52. The van der Waals surface area contributed by atoms with Crippen molar-refractivity contribution in [2.45, 2.75) is 20.3 Å². The maximum atomic E-state index is 13.5. The summed E-state index contributed by atoms with van der Waals surface area (Å²) in [5.41, 5.74) is 2.59. The average molecular weight is 213 g/mol. The molecule has 0 heterocycles. The summed E-state index contributed by atoms with van der Waals surface area (Å²) >= 11 is 5.53. The van der Waals surface area contributed by atoms with Crippen molar-refractivity contribution in [2.24, 2.45) is 0 Å². The Morgan fingerprint density at radius 2 is 2.07 bits per heavy atom. The molecule has 0 nitrogen and oxygen atoms in total. The van der Waals surface area contributed by atoms with E-state index in [0.29, 0.717) is 11.4 Å². The van der Waals surface area contributed by atoms with Crippen LogP contribution >= 0.6 is 11.6 Å². The van der Waals surface area contributed by atoms with Gasteiger partial charge in [-0.3, -0.25) is 0 Å². The third-order valence-corrected chi connectivity index (χ3v) is 2.26. The Morgan fingerprint density at radius 1 is 1.36 bits per heavy atom. The lowest BCUT2D eigenvalue weighted by atomic mass is 10.0. The molecule has 0 aliphatic heterocycles. The van der Waals surface area contributed by atoms with Crippen molar-refractivity contribution in [1.29, 1.82) is 0 Å². The predicted octanol–water partition coefficient (Wildman–Crippen LogP) is 4.08. The van der Waals surface area contributed by atoms with Gasteiger partial charge in [0.15, 0.2) is 0 Å². The van der Waals surface area contributed by atoms with Gasteiger partial charge in [-0.05, 0) is 37.5 Å². The second-order valence-corrected chi connectivity index (χ2v) is 3.74. The molecule has 0 N–H and O–H groups in total. The highest BCUT2D eigenvalue weighted by Crippen LogP contribution is 2.17. The van der Waals surface area contributed by atoms with E-state index in [1.54, 1.807) is 12.1 Å². The summed E-state index contributed by atoms with van der Waals surface area (Å²) in [6.45, 7) is 3.80. The Bertz CT molecular complexity index is 319. The van der Waals surface area contributed by atoms with E-state index in [9.17, 15) is 4.39 Å². The Kier molecular flexibility index (Phi) is 4.15. The molecule has 0 fully saturated rings. The first-order valence-electron chi connectivity index (χ1n) is 4.64. The molecule has 0 saturated carbocycles. The highest BCUT2D eigenvalue weighted by molar-refractivity contribution is 6.17. The van der Waals surface area contributed by atoms with Gasteiger partial charge in [0, 0.05) is 11.4 Å². The van der Waals surface area contributed by atoms with Crippen LogP contribution in [0.2, 0.25) is 0 Å². The van der Waals surface area contributed by atoms with Crippen LogP contribution in [-0.2, 0) is 0 Å². The minimum Gasteiger partial charge on any atom is -0.206 e. The molecule has 14 heavy (non-hydrogen) atoms. The number of hydrogen-bond donors (Lipinski definition) is 0. The highest BCUT2D eigenvalue weighted by atomic mass is 35.5. The van der Waals surface area contributed by atoms with E-state index in [-0.39, 0.29) is 5.82 Å². The standard InChI is InChI=1S/C12H14ClF/c1-9-7-10(2)11(12(14)8-9)5-3-4-6-13/h3,5,7-8H,4,6H2,1-2H3/b5-3+. The lowest BCUT2D eigenvalue weighted by Gasteiger charge is -2.03. The summed E-state index contributed by atoms with van der Waals surface area (Å²) in [5, 5.41) is 0. The molecule has 76 valence electrons. The van der Waals surface area contributed by atoms with Crippen molar-refractivity contribution in [2.75, 3.05) is 5.88 Å².